The zero-order valence-electron chi connectivity index (χ0n) is 10.3. The van der Waals surface area contributed by atoms with Gasteiger partial charge in [-0.25, -0.2) is 0 Å². The fourth-order valence-corrected chi connectivity index (χ4v) is 5.01. The molecule has 0 spiro atoms. The van der Waals surface area contributed by atoms with Crippen molar-refractivity contribution in [2.75, 3.05) is 0 Å². The summed E-state index contributed by atoms with van der Waals surface area (Å²) in [4.78, 5) is 0. The first-order valence-electron chi connectivity index (χ1n) is 6.39. The average Bonchev–Trinajstić information content (AvgIpc) is 2.86. The molecule has 0 unspecified atom stereocenters. The summed E-state index contributed by atoms with van der Waals surface area (Å²) in [5, 5.41) is 2.88. The van der Waals surface area contributed by atoms with Gasteiger partial charge in [0, 0.05) is 0 Å². The minimum atomic E-state index is 0.455. The molecule has 19 heavy (non-hydrogen) atoms. The third-order valence-corrected chi connectivity index (χ3v) is 5.87. The van der Waals surface area contributed by atoms with Gasteiger partial charge in [0.1, 0.15) is 0 Å². The van der Waals surface area contributed by atoms with E-state index in [-0.39, 0.29) is 0 Å². The van der Waals surface area contributed by atoms with Crippen LogP contribution >= 0.6 is 0 Å². The zero-order chi connectivity index (χ0) is 12.7. The molecule has 1 heterocycles. The standard InChI is InChI=1S/C18H12Se/c1-2-7-13(8-3-1)14-10-6-12-17-18(14)15-9-4-5-11-16(15)19-17/h1-12H. The number of rotatable bonds is 1. The van der Waals surface area contributed by atoms with Gasteiger partial charge in [-0.1, -0.05) is 0 Å². The molecule has 0 aliphatic rings. The molecule has 3 aromatic carbocycles. The van der Waals surface area contributed by atoms with Crippen molar-refractivity contribution < 1.29 is 0 Å². The van der Waals surface area contributed by atoms with Crippen LogP contribution < -0.4 is 0 Å². The molecule has 0 fully saturated rings. The molecule has 0 bridgehead atoms. The van der Waals surface area contributed by atoms with E-state index in [2.05, 4.69) is 72.8 Å². The predicted octanol–water partition coefficient (Wildman–Crippen LogP) is 4.72. The predicted molar refractivity (Wildman–Crippen MR) is 83.8 cm³/mol. The summed E-state index contributed by atoms with van der Waals surface area (Å²) in [5.41, 5.74) is 2.68. The van der Waals surface area contributed by atoms with Crippen LogP contribution in [0.5, 0.6) is 0 Å². The first kappa shape index (κ1) is 11.0. The zero-order valence-corrected chi connectivity index (χ0v) is 12.0. The molecular weight excluding hydrogens is 295 g/mol. The molecule has 4 aromatic rings. The van der Waals surface area contributed by atoms with Gasteiger partial charge in [-0.05, 0) is 0 Å². The van der Waals surface area contributed by atoms with E-state index in [1.54, 1.807) is 0 Å². The Kier molecular flexibility index (Phi) is 2.55. The first-order chi connectivity index (χ1) is 9.43. The molecule has 0 N–H and O–H groups in total. The van der Waals surface area contributed by atoms with Crippen LogP contribution in [0.2, 0.25) is 0 Å². The van der Waals surface area contributed by atoms with E-state index in [0.717, 1.165) is 0 Å². The summed E-state index contributed by atoms with van der Waals surface area (Å²) in [6.45, 7) is 0. The van der Waals surface area contributed by atoms with E-state index in [4.69, 9.17) is 0 Å². The molecule has 0 radical (unpaired) electrons. The van der Waals surface area contributed by atoms with E-state index in [1.807, 2.05) is 0 Å². The van der Waals surface area contributed by atoms with Gasteiger partial charge in [-0.15, -0.1) is 0 Å². The molecule has 0 aliphatic carbocycles. The second kappa shape index (κ2) is 4.38. The fraction of sp³-hybridized carbons (Fsp3) is 0. The molecule has 0 atom stereocenters. The van der Waals surface area contributed by atoms with Crippen LogP contribution in [-0.2, 0) is 0 Å². The normalized spacial score (nSPS) is 11.2. The maximum absolute atomic E-state index is 2.28. The van der Waals surface area contributed by atoms with Crippen molar-refractivity contribution in [2.24, 2.45) is 0 Å². The molecule has 0 amide bonds. The Bertz CT molecular complexity index is 857. The second-order valence-corrected chi connectivity index (χ2v) is 6.92. The van der Waals surface area contributed by atoms with Crippen LogP contribution in [0.4, 0.5) is 0 Å². The minimum absolute atomic E-state index is 0.455. The number of hydrogen-bond donors (Lipinski definition) is 0. The van der Waals surface area contributed by atoms with Crippen LogP contribution in [0, 0.1) is 0 Å². The summed E-state index contributed by atoms with van der Waals surface area (Å²) in [6.07, 6.45) is 0. The van der Waals surface area contributed by atoms with E-state index in [0.29, 0.717) is 14.5 Å². The van der Waals surface area contributed by atoms with Crippen LogP contribution in [0.15, 0.2) is 72.8 Å². The SMILES string of the molecule is c1ccc(-c2cccc3[se]c4ccccc4c23)cc1. The number of fused-ring (bicyclic) bond motifs is 3. The monoisotopic (exact) mass is 308 g/mol. The summed E-state index contributed by atoms with van der Waals surface area (Å²) < 4.78 is 3.02. The quantitative estimate of drug-likeness (QED) is 0.446. The molecule has 1 heteroatoms. The Hall–Kier alpha value is -1.82. The van der Waals surface area contributed by atoms with Gasteiger partial charge in [0.15, 0.2) is 0 Å². The first-order valence-corrected chi connectivity index (χ1v) is 8.10. The van der Waals surface area contributed by atoms with E-state index < -0.39 is 0 Å². The summed E-state index contributed by atoms with van der Waals surface area (Å²) in [5.74, 6) is 0. The molecule has 0 saturated heterocycles. The molecule has 0 nitrogen and oxygen atoms in total. The third kappa shape index (κ3) is 1.74. The number of hydrogen-bond acceptors (Lipinski definition) is 0. The molecule has 0 saturated carbocycles. The van der Waals surface area contributed by atoms with Crippen molar-refractivity contribution in [1.29, 1.82) is 0 Å². The van der Waals surface area contributed by atoms with Crippen molar-refractivity contribution in [1.82, 2.24) is 0 Å². The van der Waals surface area contributed by atoms with Crippen molar-refractivity contribution in [3.63, 3.8) is 0 Å². The van der Waals surface area contributed by atoms with E-state index in [9.17, 15) is 0 Å². The summed E-state index contributed by atoms with van der Waals surface area (Å²) in [7, 11) is 0. The van der Waals surface area contributed by atoms with Gasteiger partial charge >= 0.3 is 118 Å². The van der Waals surface area contributed by atoms with Gasteiger partial charge < -0.3 is 0 Å². The van der Waals surface area contributed by atoms with E-state index >= 15 is 0 Å². The van der Waals surface area contributed by atoms with Gasteiger partial charge in [0.2, 0.25) is 0 Å². The molecule has 90 valence electrons. The van der Waals surface area contributed by atoms with Crippen LogP contribution in [0.3, 0.4) is 0 Å². The molecule has 1 aromatic heterocycles. The van der Waals surface area contributed by atoms with E-state index in [1.165, 1.54) is 30.4 Å². The Morgan fingerprint density at radius 2 is 1.32 bits per heavy atom. The second-order valence-electron chi connectivity index (χ2n) is 4.64. The Morgan fingerprint density at radius 3 is 2.21 bits per heavy atom. The summed E-state index contributed by atoms with van der Waals surface area (Å²) in [6, 6.07) is 26.2. The Morgan fingerprint density at radius 1 is 0.579 bits per heavy atom. The fourth-order valence-electron chi connectivity index (χ4n) is 2.63. The van der Waals surface area contributed by atoms with Gasteiger partial charge in [0.25, 0.3) is 0 Å². The average molecular weight is 307 g/mol. The number of benzene rings is 3. The maximum atomic E-state index is 2.28. The Balaban J connectivity index is 2.17. The topological polar surface area (TPSA) is 0 Å². The van der Waals surface area contributed by atoms with Crippen molar-refractivity contribution in [2.45, 2.75) is 0 Å². The van der Waals surface area contributed by atoms with Gasteiger partial charge in [0.05, 0.1) is 0 Å². The van der Waals surface area contributed by atoms with Gasteiger partial charge in [-0.2, -0.15) is 0 Å². The van der Waals surface area contributed by atoms with Crippen molar-refractivity contribution in [3.05, 3.63) is 72.8 Å². The van der Waals surface area contributed by atoms with Crippen LogP contribution in [-0.4, -0.2) is 14.5 Å². The summed E-state index contributed by atoms with van der Waals surface area (Å²) >= 11 is 0.455. The third-order valence-electron chi connectivity index (χ3n) is 3.49. The molecular formula is C18H12Se. The van der Waals surface area contributed by atoms with Crippen LogP contribution in [0.1, 0.15) is 0 Å². The van der Waals surface area contributed by atoms with Gasteiger partial charge in [-0.3, -0.25) is 0 Å². The molecule has 4 rings (SSSR count). The molecule has 0 aliphatic heterocycles. The van der Waals surface area contributed by atoms with Crippen molar-refractivity contribution in [3.8, 4) is 11.1 Å². The van der Waals surface area contributed by atoms with Crippen LogP contribution in [0.25, 0.3) is 30.4 Å². The Labute approximate surface area is 118 Å². The van der Waals surface area contributed by atoms with Crippen molar-refractivity contribution >= 4 is 33.8 Å².